The lowest BCUT2D eigenvalue weighted by Gasteiger charge is -2.36. The van der Waals surface area contributed by atoms with Gasteiger partial charge >= 0.3 is 0 Å². The molecule has 1 saturated heterocycles. The summed E-state index contributed by atoms with van der Waals surface area (Å²) in [5.74, 6) is 1.21. The predicted molar refractivity (Wildman–Crippen MR) is 71.3 cm³/mol. The molecule has 1 aliphatic rings. The number of pyridine rings is 1. The fourth-order valence-corrected chi connectivity index (χ4v) is 2.58. The second kappa shape index (κ2) is 4.74. The lowest BCUT2D eigenvalue weighted by molar-refractivity contribution is 0.146. The van der Waals surface area contributed by atoms with E-state index in [1.807, 2.05) is 18.2 Å². The Balaban J connectivity index is 1.89. The first kappa shape index (κ1) is 12.3. The van der Waals surface area contributed by atoms with Crippen molar-refractivity contribution in [1.29, 1.82) is 0 Å². The first-order valence-electron chi connectivity index (χ1n) is 6.65. The van der Waals surface area contributed by atoms with E-state index in [-0.39, 0.29) is 11.5 Å². The smallest absolute Gasteiger partial charge is 0.244 e. The average Bonchev–Trinajstić information content (AvgIpc) is 2.88. The number of hydrogen-bond acceptors (Lipinski definition) is 5. The Morgan fingerprint density at radius 1 is 1.37 bits per heavy atom. The molecule has 5 heteroatoms. The fourth-order valence-electron chi connectivity index (χ4n) is 2.58. The van der Waals surface area contributed by atoms with Crippen LogP contribution < -0.4 is 5.32 Å². The van der Waals surface area contributed by atoms with E-state index in [2.05, 4.69) is 34.3 Å². The summed E-state index contributed by atoms with van der Waals surface area (Å²) in [6.07, 6.45) is 4.07. The molecular weight excluding hydrogens is 240 g/mol. The van der Waals surface area contributed by atoms with Gasteiger partial charge in [0.15, 0.2) is 0 Å². The molecule has 2 aromatic heterocycles. The van der Waals surface area contributed by atoms with Crippen LogP contribution in [0.5, 0.6) is 0 Å². The van der Waals surface area contributed by atoms with Crippen molar-refractivity contribution in [2.75, 3.05) is 6.54 Å². The summed E-state index contributed by atoms with van der Waals surface area (Å²) in [4.78, 5) is 8.74. The highest BCUT2D eigenvalue weighted by Crippen LogP contribution is 2.39. The lowest BCUT2D eigenvalue weighted by atomic mass is 9.77. The SMILES string of the molecule is CC1(C)CCCNC1c1nc(-c2ccccn2)no1. The van der Waals surface area contributed by atoms with Crippen molar-refractivity contribution >= 4 is 0 Å². The highest BCUT2D eigenvalue weighted by molar-refractivity contribution is 5.47. The standard InChI is InChI=1S/C14H18N4O/c1-14(2)7-5-9-16-11(14)13-17-12(18-19-13)10-6-3-4-8-15-10/h3-4,6,8,11,16H,5,7,9H2,1-2H3. The molecule has 5 nitrogen and oxygen atoms in total. The Kier molecular flexibility index (Phi) is 3.06. The van der Waals surface area contributed by atoms with Crippen molar-refractivity contribution in [3.8, 4) is 11.5 Å². The summed E-state index contributed by atoms with van der Waals surface area (Å²) in [5, 5.41) is 7.51. The molecule has 2 aromatic rings. The van der Waals surface area contributed by atoms with E-state index in [1.54, 1.807) is 6.20 Å². The molecule has 0 aromatic carbocycles. The summed E-state index contributed by atoms with van der Waals surface area (Å²) < 4.78 is 5.43. The van der Waals surface area contributed by atoms with Crippen LogP contribution >= 0.6 is 0 Å². The van der Waals surface area contributed by atoms with Crippen LogP contribution in [0.1, 0.15) is 38.6 Å². The van der Waals surface area contributed by atoms with Crippen molar-refractivity contribution < 1.29 is 4.52 Å². The molecular formula is C14H18N4O. The molecule has 0 saturated carbocycles. The van der Waals surface area contributed by atoms with Crippen molar-refractivity contribution in [2.24, 2.45) is 5.41 Å². The molecule has 1 atom stereocenters. The minimum Gasteiger partial charge on any atom is -0.337 e. The molecule has 0 amide bonds. The fraction of sp³-hybridized carbons (Fsp3) is 0.500. The van der Waals surface area contributed by atoms with Crippen LogP contribution in [-0.4, -0.2) is 21.7 Å². The van der Waals surface area contributed by atoms with Crippen LogP contribution in [0.25, 0.3) is 11.5 Å². The van der Waals surface area contributed by atoms with Crippen molar-refractivity contribution in [3.63, 3.8) is 0 Å². The van der Waals surface area contributed by atoms with Crippen LogP contribution in [0.3, 0.4) is 0 Å². The summed E-state index contributed by atoms with van der Waals surface area (Å²) in [6.45, 7) is 5.46. The third-order valence-electron chi connectivity index (χ3n) is 3.71. The molecule has 100 valence electrons. The molecule has 0 bridgehead atoms. The molecule has 19 heavy (non-hydrogen) atoms. The Morgan fingerprint density at radius 3 is 3.00 bits per heavy atom. The molecule has 0 aliphatic carbocycles. The van der Waals surface area contributed by atoms with Crippen LogP contribution in [0, 0.1) is 5.41 Å². The second-order valence-corrected chi connectivity index (χ2v) is 5.65. The first-order valence-corrected chi connectivity index (χ1v) is 6.65. The summed E-state index contributed by atoms with van der Waals surface area (Å²) in [7, 11) is 0. The second-order valence-electron chi connectivity index (χ2n) is 5.65. The normalized spacial score (nSPS) is 22.3. The van der Waals surface area contributed by atoms with E-state index < -0.39 is 0 Å². The van der Waals surface area contributed by atoms with Gasteiger partial charge in [-0.05, 0) is 36.9 Å². The van der Waals surface area contributed by atoms with E-state index in [0.29, 0.717) is 11.7 Å². The molecule has 3 rings (SSSR count). The molecule has 0 radical (unpaired) electrons. The highest BCUT2D eigenvalue weighted by Gasteiger charge is 2.37. The van der Waals surface area contributed by atoms with Gasteiger partial charge in [-0.1, -0.05) is 25.1 Å². The average molecular weight is 258 g/mol. The number of hydrogen-bond donors (Lipinski definition) is 1. The van der Waals surface area contributed by atoms with Gasteiger partial charge in [-0.25, -0.2) is 0 Å². The lowest BCUT2D eigenvalue weighted by Crippen LogP contribution is -2.39. The van der Waals surface area contributed by atoms with Crippen LogP contribution in [0.4, 0.5) is 0 Å². The van der Waals surface area contributed by atoms with Crippen molar-refractivity contribution in [2.45, 2.75) is 32.7 Å². The summed E-state index contributed by atoms with van der Waals surface area (Å²) in [5.41, 5.74) is 0.873. The first-order chi connectivity index (χ1) is 9.17. The molecule has 3 heterocycles. The molecule has 0 spiro atoms. The predicted octanol–water partition coefficient (Wildman–Crippen LogP) is 2.58. The maximum Gasteiger partial charge on any atom is 0.244 e. The van der Waals surface area contributed by atoms with Gasteiger partial charge in [0.25, 0.3) is 0 Å². The topological polar surface area (TPSA) is 63.8 Å². The third-order valence-corrected chi connectivity index (χ3v) is 3.71. The summed E-state index contributed by atoms with van der Waals surface area (Å²) in [6, 6.07) is 5.79. The monoisotopic (exact) mass is 258 g/mol. The number of nitrogens with one attached hydrogen (secondary N) is 1. The van der Waals surface area contributed by atoms with Gasteiger partial charge in [-0.2, -0.15) is 4.98 Å². The van der Waals surface area contributed by atoms with E-state index >= 15 is 0 Å². The Morgan fingerprint density at radius 2 is 2.26 bits per heavy atom. The number of rotatable bonds is 2. The molecule has 1 aliphatic heterocycles. The van der Waals surface area contributed by atoms with E-state index in [9.17, 15) is 0 Å². The van der Waals surface area contributed by atoms with Crippen molar-refractivity contribution in [1.82, 2.24) is 20.4 Å². The van der Waals surface area contributed by atoms with E-state index in [0.717, 1.165) is 18.7 Å². The third kappa shape index (κ3) is 2.38. The van der Waals surface area contributed by atoms with Gasteiger partial charge in [0.05, 0.1) is 6.04 Å². The van der Waals surface area contributed by atoms with Gasteiger partial charge in [-0.15, -0.1) is 0 Å². The van der Waals surface area contributed by atoms with Crippen LogP contribution in [-0.2, 0) is 0 Å². The quantitative estimate of drug-likeness (QED) is 0.897. The largest absolute Gasteiger partial charge is 0.337 e. The van der Waals surface area contributed by atoms with E-state index in [4.69, 9.17) is 4.52 Å². The number of aromatic nitrogens is 3. The Hall–Kier alpha value is -1.75. The Labute approximate surface area is 112 Å². The zero-order valence-corrected chi connectivity index (χ0v) is 11.3. The molecule has 1 N–H and O–H groups in total. The Bertz CT molecular complexity index is 550. The zero-order chi connectivity index (χ0) is 13.3. The number of piperidine rings is 1. The maximum absolute atomic E-state index is 5.43. The molecule has 1 unspecified atom stereocenters. The van der Waals surface area contributed by atoms with Gasteiger partial charge in [0.2, 0.25) is 11.7 Å². The van der Waals surface area contributed by atoms with Gasteiger partial charge in [0.1, 0.15) is 5.69 Å². The minimum atomic E-state index is 0.117. The highest BCUT2D eigenvalue weighted by atomic mass is 16.5. The maximum atomic E-state index is 5.43. The van der Waals surface area contributed by atoms with Gasteiger partial charge in [0, 0.05) is 6.20 Å². The van der Waals surface area contributed by atoms with Crippen LogP contribution in [0.2, 0.25) is 0 Å². The van der Waals surface area contributed by atoms with Gasteiger partial charge < -0.3 is 9.84 Å². The molecule has 1 fully saturated rings. The summed E-state index contributed by atoms with van der Waals surface area (Å²) >= 11 is 0. The van der Waals surface area contributed by atoms with Gasteiger partial charge in [-0.3, -0.25) is 4.98 Å². The van der Waals surface area contributed by atoms with Crippen molar-refractivity contribution in [3.05, 3.63) is 30.3 Å². The minimum absolute atomic E-state index is 0.117. The number of nitrogens with zero attached hydrogens (tertiary/aromatic N) is 3. The zero-order valence-electron chi connectivity index (χ0n) is 11.3. The van der Waals surface area contributed by atoms with Crippen LogP contribution in [0.15, 0.2) is 28.9 Å². The van der Waals surface area contributed by atoms with E-state index in [1.165, 1.54) is 6.42 Å².